The molecular weight excluding hydrogens is 453 g/mol. The van der Waals surface area contributed by atoms with Gasteiger partial charge in [-0.15, -0.1) is 0 Å². The molecule has 8 heteroatoms. The fourth-order valence-corrected chi connectivity index (χ4v) is 6.47. The Morgan fingerprint density at radius 3 is 2.35 bits per heavy atom. The zero-order valence-corrected chi connectivity index (χ0v) is 20.7. The molecule has 34 heavy (non-hydrogen) atoms. The molecule has 1 N–H and O–H groups in total. The van der Waals surface area contributed by atoms with Gasteiger partial charge in [-0.1, -0.05) is 19.1 Å². The lowest BCUT2D eigenvalue weighted by Crippen LogP contribution is -2.45. The van der Waals surface area contributed by atoms with Crippen molar-refractivity contribution in [3.8, 4) is 0 Å². The molecule has 0 bridgehead atoms. The van der Waals surface area contributed by atoms with Crippen LogP contribution in [0.25, 0.3) is 0 Å². The molecule has 2 aliphatic rings. The zero-order valence-electron chi connectivity index (χ0n) is 19.9. The van der Waals surface area contributed by atoms with E-state index in [1.165, 1.54) is 35.0 Å². The third-order valence-corrected chi connectivity index (χ3v) is 8.86. The quantitative estimate of drug-likeness (QED) is 0.658. The number of hydrogen-bond acceptors (Lipinski definition) is 4. The van der Waals surface area contributed by atoms with Crippen molar-refractivity contribution in [3.05, 3.63) is 59.9 Å². The second-order valence-electron chi connectivity index (χ2n) is 9.67. The van der Waals surface area contributed by atoms with Gasteiger partial charge in [-0.05, 0) is 80.5 Å². The van der Waals surface area contributed by atoms with Crippen molar-refractivity contribution in [2.75, 3.05) is 31.1 Å². The Kier molecular flexibility index (Phi) is 7.57. The van der Waals surface area contributed by atoms with E-state index in [0.29, 0.717) is 25.3 Å². The van der Waals surface area contributed by atoms with Crippen LogP contribution >= 0.6 is 0 Å². The highest BCUT2D eigenvalue weighted by molar-refractivity contribution is 7.89. The summed E-state index contributed by atoms with van der Waals surface area (Å²) < 4.78 is 40.5. The van der Waals surface area contributed by atoms with Crippen LogP contribution in [0.3, 0.4) is 0 Å². The maximum Gasteiger partial charge on any atom is 0.243 e. The lowest BCUT2D eigenvalue weighted by atomic mass is 9.97. The van der Waals surface area contributed by atoms with E-state index in [2.05, 4.69) is 41.4 Å². The molecule has 2 aromatic rings. The van der Waals surface area contributed by atoms with Gasteiger partial charge in [0, 0.05) is 31.9 Å². The van der Waals surface area contributed by atoms with Gasteiger partial charge < -0.3 is 10.2 Å². The standard InChI is InChI=1S/C26H34FN3O3S/c1-19-5-3-15-29(17-19)24-11-7-21(8-12-24)20(2)28-26(31)22-6-4-16-30(18-22)34(32,33)25-13-9-23(27)10-14-25/h7-14,19-20,22H,3-6,15-18H2,1-2H3,(H,28,31). The van der Waals surface area contributed by atoms with Gasteiger partial charge in [-0.2, -0.15) is 4.31 Å². The molecule has 0 aliphatic carbocycles. The molecule has 3 unspecified atom stereocenters. The molecule has 0 aromatic heterocycles. The summed E-state index contributed by atoms with van der Waals surface area (Å²) in [5, 5.41) is 3.07. The Morgan fingerprint density at radius 2 is 1.68 bits per heavy atom. The summed E-state index contributed by atoms with van der Waals surface area (Å²) in [4.78, 5) is 15.5. The molecule has 0 radical (unpaired) electrons. The van der Waals surface area contributed by atoms with Crippen molar-refractivity contribution in [2.45, 2.75) is 50.5 Å². The number of piperidine rings is 2. The van der Waals surface area contributed by atoms with E-state index in [0.717, 1.165) is 30.8 Å². The highest BCUT2D eigenvalue weighted by Gasteiger charge is 2.33. The summed E-state index contributed by atoms with van der Waals surface area (Å²) in [6.07, 6.45) is 3.74. The van der Waals surface area contributed by atoms with E-state index in [9.17, 15) is 17.6 Å². The Hall–Kier alpha value is -2.45. The van der Waals surface area contributed by atoms with Crippen molar-refractivity contribution < 1.29 is 17.6 Å². The van der Waals surface area contributed by atoms with Gasteiger partial charge in [-0.3, -0.25) is 4.79 Å². The van der Waals surface area contributed by atoms with Crippen molar-refractivity contribution in [3.63, 3.8) is 0 Å². The monoisotopic (exact) mass is 487 g/mol. The minimum atomic E-state index is -3.76. The van der Waals surface area contributed by atoms with E-state index in [1.807, 2.05) is 6.92 Å². The number of anilines is 1. The predicted octanol–water partition coefficient (Wildman–Crippen LogP) is 4.34. The van der Waals surface area contributed by atoms with E-state index >= 15 is 0 Å². The summed E-state index contributed by atoms with van der Waals surface area (Å²) >= 11 is 0. The van der Waals surface area contributed by atoms with Crippen LogP contribution in [0, 0.1) is 17.7 Å². The minimum absolute atomic E-state index is 0.0477. The first kappa shape index (κ1) is 24.7. The molecule has 2 fully saturated rings. The molecule has 2 aromatic carbocycles. The Balaban J connectivity index is 1.36. The summed E-state index contributed by atoms with van der Waals surface area (Å²) in [5.41, 5.74) is 2.23. The molecule has 0 saturated carbocycles. The molecule has 3 atom stereocenters. The zero-order chi connectivity index (χ0) is 24.3. The molecule has 1 amide bonds. The van der Waals surface area contributed by atoms with Crippen molar-refractivity contribution in [2.24, 2.45) is 11.8 Å². The number of benzene rings is 2. The third kappa shape index (κ3) is 5.61. The van der Waals surface area contributed by atoms with E-state index < -0.39 is 21.8 Å². The predicted molar refractivity (Wildman–Crippen MR) is 131 cm³/mol. The number of rotatable bonds is 6. The van der Waals surface area contributed by atoms with Crippen LogP contribution in [-0.4, -0.2) is 44.8 Å². The number of halogens is 1. The van der Waals surface area contributed by atoms with Crippen molar-refractivity contribution in [1.29, 1.82) is 0 Å². The lowest BCUT2D eigenvalue weighted by molar-refractivity contribution is -0.126. The molecule has 2 aliphatic heterocycles. The first-order chi connectivity index (χ1) is 16.2. The smallest absolute Gasteiger partial charge is 0.243 e. The molecule has 0 spiro atoms. The topological polar surface area (TPSA) is 69.7 Å². The fraction of sp³-hybridized carbons (Fsp3) is 0.500. The number of amides is 1. The highest BCUT2D eigenvalue weighted by atomic mass is 32.2. The van der Waals surface area contributed by atoms with Crippen LogP contribution in [0.2, 0.25) is 0 Å². The normalized spacial score (nSPS) is 22.9. The molecular formula is C26H34FN3O3S. The summed E-state index contributed by atoms with van der Waals surface area (Å²) in [5.74, 6) is -0.336. The number of nitrogens with zero attached hydrogens (tertiary/aromatic N) is 2. The maximum absolute atomic E-state index is 13.2. The number of hydrogen-bond donors (Lipinski definition) is 1. The molecule has 184 valence electrons. The molecule has 2 heterocycles. The Bertz CT molecular complexity index is 1090. The number of nitrogens with one attached hydrogen (secondary N) is 1. The van der Waals surface area contributed by atoms with Crippen LogP contribution in [-0.2, 0) is 14.8 Å². The van der Waals surface area contributed by atoms with Crippen LogP contribution in [0.15, 0.2) is 53.4 Å². The van der Waals surface area contributed by atoms with Crippen molar-refractivity contribution in [1.82, 2.24) is 9.62 Å². The summed E-state index contributed by atoms with van der Waals surface area (Å²) in [6.45, 7) is 6.88. The van der Waals surface area contributed by atoms with Gasteiger partial charge in [-0.25, -0.2) is 12.8 Å². The van der Waals surface area contributed by atoms with Gasteiger partial charge in [0.15, 0.2) is 0 Å². The SMILES string of the molecule is CC1CCCN(c2ccc(C(C)NC(=O)C3CCCN(S(=O)(=O)c4ccc(F)cc4)C3)cc2)C1. The lowest BCUT2D eigenvalue weighted by Gasteiger charge is -2.33. The van der Waals surface area contributed by atoms with Gasteiger partial charge in [0.1, 0.15) is 5.82 Å². The summed E-state index contributed by atoms with van der Waals surface area (Å²) in [6, 6.07) is 13.0. The van der Waals surface area contributed by atoms with Gasteiger partial charge in [0.05, 0.1) is 16.9 Å². The maximum atomic E-state index is 13.2. The first-order valence-corrected chi connectivity index (χ1v) is 13.6. The van der Waals surface area contributed by atoms with Crippen molar-refractivity contribution >= 4 is 21.6 Å². The number of carbonyl (C=O) groups is 1. The summed E-state index contributed by atoms with van der Waals surface area (Å²) in [7, 11) is -3.76. The van der Waals surface area contributed by atoms with E-state index in [1.54, 1.807) is 0 Å². The highest BCUT2D eigenvalue weighted by Crippen LogP contribution is 2.27. The second kappa shape index (κ2) is 10.4. The third-order valence-electron chi connectivity index (χ3n) is 6.98. The molecule has 2 saturated heterocycles. The first-order valence-electron chi connectivity index (χ1n) is 12.1. The molecule has 6 nitrogen and oxygen atoms in total. The van der Waals surface area contributed by atoms with E-state index in [-0.39, 0.29) is 23.4 Å². The van der Waals surface area contributed by atoms with Crippen LogP contribution in [0.5, 0.6) is 0 Å². The number of carbonyl (C=O) groups excluding carboxylic acids is 1. The number of sulfonamides is 1. The van der Waals surface area contributed by atoms with Crippen LogP contribution in [0.4, 0.5) is 10.1 Å². The molecule has 4 rings (SSSR count). The minimum Gasteiger partial charge on any atom is -0.371 e. The average molecular weight is 488 g/mol. The Morgan fingerprint density at radius 1 is 1.00 bits per heavy atom. The fourth-order valence-electron chi connectivity index (χ4n) is 4.94. The van der Waals surface area contributed by atoms with Gasteiger partial charge >= 0.3 is 0 Å². The average Bonchev–Trinajstić information content (AvgIpc) is 2.84. The Labute approximate surface area is 202 Å². The van der Waals surface area contributed by atoms with E-state index in [4.69, 9.17) is 0 Å². The second-order valence-corrected chi connectivity index (χ2v) is 11.6. The van der Waals surface area contributed by atoms with Gasteiger partial charge in [0.25, 0.3) is 0 Å². The largest absolute Gasteiger partial charge is 0.371 e. The van der Waals surface area contributed by atoms with Crippen LogP contribution < -0.4 is 10.2 Å². The van der Waals surface area contributed by atoms with Gasteiger partial charge in [0.2, 0.25) is 15.9 Å². The van der Waals surface area contributed by atoms with Crippen LogP contribution in [0.1, 0.15) is 51.1 Å².